The van der Waals surface area contributed by atoms with Crippen molar-refractivity contribution in [3.05, 3.63) is 11.6 Å². The lowest BCUT2D eigenvalue weighted by Gasteiger charge is -2.41. The van der Waals surface area contributed by atoms with Crippen LogP contribution in [0.5, 0.6) is 0 Å². The van der Waals surface area contributed by atoms with E-state index in [0.717, 1.165) is 18.4 Å². The van der Waals surface area contributed by atoms with E-state index in [-0.39, 0.29) is 30.7 Å². The predicted molar refractivity (Wildman–Crippen MR) is 73.6 cm³/mol. The third-order valence-electron chi connectivity index (χ3n) is 4.72. The van der Waals surface area contributed by atoms with Gasteiger partial charge in [0.15, 0.2) is 6.29 Å². The molecule has 2 heterocycles. The van der Waals surface area contributed by atoms with E-state index in [1.54, 1.807) is 0 Å². The Bertz CT molecular complexity index is 463. The van der Waals surface area contributed by atoms with Crippen LogP contribution in [0.25, 0.3) is 0 Å². The topological polar surface area (TPSA) is 105 Å². The maximum absolute atomic E-state index is 11.5. The van der Waals surface area contributed by atoms with Crippen molar-refractivity contribution < 1.29 is 34.3 Å². The number of rotatable bonds is 2. The van der Waals surface area contributed by atoms with Crippen LogP contribution in [0.15, 0.2) is 11.6 Å². The second-order valence-corrected chi connectivity index (χ2v) is 6.29. The number of carbonyl (C=O) groups is 1. The first-order valence-corrected chi connectivity index (χ1v) is 7.65. The van der Waals surface area contributed by atoms with Crippen molar-refractivity contribution in [3.63, 3.8) is 0 Å². The Hall–Kier alpha value is -0.990. The molecule has 7 nitrogen and oxygen atoms in total. The molecule has 2 aliphatic heterocycles. The summed E-state index contributed by atoms with van der Waals surface area (Å²) in [5.41, 5.74) is 1.03. The highest BCUT2D eigenvalue weighted by Gasteiger charge is 2.42. The monoisotopic (exact) mass is 314 g/mol. The molecule has 0 aromatic carbocycles. The lowest BCUT2D eigenvalue weighted by molar-refractivity contribution is -0.287. The Kier molecular flexibility index (Phi) is 4.52. The summed E-state index contributed by atoms with van der Waals surface area (Å²) < 4.78 is 16.3. The van der Waals surface area contributed by atoms with Crippen LogP contribution in [-0.4, -0.2) is 64.7 Å². The zero-order valence-electron chi connectivity index (χ0n) is 12.4. The molecule has 0 radical (unpaired) electrons. The van der Waals surface area contributed by atoms with Crippen molar-refractivity contribution in [1.29, 1.82) is 0 Å². The van der Waals surface area contributed by atoms with E-state index in [1.807, 2.05) is 6.92 Å². The zero-order valence-corrected chi connectivity index (χ0v) is 12.4. The number of aliphatic hydroxyl groups is 3. The lowest BCUT2D eigenvalue weighted by atomic mass is 9.79. The van der Waals surface area contributed by atoms with Crippen molar-refractivity contribution in [2.24, 2.45) is 5.92 Å². The van der Waals surface area contributed by atoms with E-state index in [4.69, 9.17) is 14.2 Å². The average Bonchev–Trinajstić information content (AvgIpc) is 2.47. The minimum atomic E-state index is -1.29. The average molecular weight is 314 g/mol. The normalized spacial score (nSPS) is 45.7. The van der Waals surface area contributed by atoms with Gasteiger partial charge in [-0.15, -0.1) is 0 Å². The minimum absolute atomic E-state index is 0.0848. The molecule has 0 aromatic rings. The summed E-state index contributed by atoms with van der Waals surface area (Å²) in [5.74, 6) is -0.103. The number of ether oxygens (including phenoxy) is 3. The Morgan fingerprint density at radius 3 is 2.77 bits per heavy atom. The maximum Gasteiger partial charge on any atom is 0.330 e. The molecular formula is C15H22O7. The summed E-state index contributed by atoms with van der Waals surface area (Å²) in [7, 11) is 0. The molecule has 0 spiro atoms. The first-order chi connectivity index (χ1) is 10.5. The van der Waals surface area contributed by atoms with Crippen LogP contribution in [0.3, 0.4) is 0 Å². The van der Waals surface area contributed by atoms with Gasteiger partial charge in [-0.1, -0.05) is 5.57 Å². The standard InChI is InChI=1S/C15H22O7/c1-7-4-12(17)22-11-5-8(2-3-9(7)11)21-15-14(19)13(18)10(16)6-20-15/h4,8-11,13-16,18-19H,2-3,5-6H2,1H3/t8?,9?,10-,11?,13-,14+,15+/m1/s1. The quantitative estimate of drug-likeness (QED) is 0.589. The summed E-state index contributed by atoms with van der Waals surface area (Å²) >= 11 is 0. The molecular weight excluding hydrogens is 292 g/mol. The van der Waals surface area contributed by atoms with Crippen LogP contribution in [0.2, 0.25) is 0 Å². The van der Waals surface area contributed by atoms with Crippen molar-refractivity contribution in [3.8, 4) is 0 Å². The van der Waals surface area contributed by atoms with E-state index in [9.17, 15) is 20.1 Å². The van der Waals surface area contributed by atoms with E-state index in [0.29, 0.717) is 6.42 Å². The maximum atomic E-state index is 11.5. The van der Waals surface area contributed by atoms with Gasteiger partial charge in [0.05, 0.1) is 12.7 Å². The number of fused-ring (bicyclic) bond motifs is 1. The van der Waals surface area contributed by atoms with E-state index in [2.05, 4.69) is 0 Å². The molecule has 0 amide bonds. The fraction of sp³-hybridized carbons (Fsp3) is 0.800. The first kappa shape index (κ1) is 15.9. The van der Waals surface area contributed by atoms with Gasteiger partial charge in [-0.05, 0) is 19.8 Å². The van der Waals surface area contributed by atoms with Gasteiger partial charge in [-0.3, -0.25) is 0 Å². The number of carbonyl (C=O) groups excluding carboxylic acids is 1. The van der Waals surface area contributed by atoms with Crippen LogP contribution in [0, 0.1) is 5.92 Å². The smallest absolute Gasteiger partial charge is 0.330 e. The molecule has 2 fully saturated rings. The molecule has 0 bridgehead atoms. The lowest BCUT2D eigenvalue weighted by Crippen LogP contribution is -2.55. The highest BCUT2D eigenvalue weighted by molar-refractivity contribution is 5.84. The molecule has 3 unspecified atom stereocenters. The molecule has 3 aliphatic rings. The van der Waals surface area contributed by atoms with Crippen molar-refractivity contribution in [2.45, 2.75) is 63.0 Å². The second kappa shape index (κ2) is 6.25. The van der Waals surface area contributed by atoms with E-state index < -0.39 is 24.6 Å². The van der Waals surface area contributed by atoms with Crippen molar-refractivity contribution >= 4 is 5.97 Å². The van der Waals surface area contributed by atoms with Gasteiger partial charge < -0.3 is 29.5 Å². The summed E-state index contributed by atoms with van der Waals surface area (Å²) in [6.07, 6.45) is -1.44. The number of hydrogen-bond acceptors (Lipinski definition) is 7. The van der Waals surface area contributed by atoms with Crippen LogP contribution < -0.4 is 0 Å². The molecule has 22 heavy (non-hydrogen) atoms. The van der Waals surface area contributed by atoms with E-state index >= 15 is 0 Å². The number of esters is 1. The Morgan fingerprint density at radius 2 is 2.00 bits per heavy atom. The molecule has 1 aliphatic carbocycles. The molecule has 7 heteroatoms. The molecule has 3 rings (SSSR count). The highest BCUT2D eigenvalue weighted by atomic mass is 16.7. The van der Waals surface area contributed by atoms with Crippen LogP contribution in [-0.2, 0) is 19.0 Å². The molecule has 3 N–H and O–H groups in total. The fourth-order valence-corrected chi connectivity index (χ4v) is 3.43. The van der Waals surface area contributed by atoms with Gasteiger partial charge in [0, 0.05) is 18.4 Å². The highest BCUT2D eigenvalue weighted by Crippen LogP contribution is 2.37. The van der Waals surface area contributed by atoms with Crippen LogP contribution in [0.4, 0.5) is 0 Å². The van der Waals surface area contributed by atoms with Gasteiger partial charge in [0.1, 0.15) is 24.4 Å². The zero-order chi connectivity index (χ0) is 15.9. The molecule has 124 valence electrons. The third-order valence-corrected chi connectivity index (χ3v) is 4.72. The summed E-state index contributed by atoms with van der Waals surface area (Å²) in [4.78, 5) is 11.5. The van der Waals surface area contributed by atoms with Gasteiger partial charge >= 0.3 is 5.97 Å². The largest absolute Gasteiger partial charge is 0.458 e. The van der Waals surface area contributed by atoms with Crippen LogP contribution in [0.1, 0.15) is 26.2 Å². The predicted octanol–water partition coefficient (Wildman–Crippen LogP) is -0.518. The molecule has 7 atom stereocenters. The fourth-order valence-electron chi connectivity index (χ4n) is 3.43. The first-order valence-electron chi connectivity index (χ1n) is 7.65. The van der Waals surface area contributed by atoms with Gasteiger partial charge in [-0.2, -0.15) is 0 Å². The second-order valence-electron chi connectivity index (χ2n) is 6.29. The van der Waals surface area contributed by atoms with Crippen molar-refractivity contribution in [1.82, 2.24) is 0 Å². The molecule has 1 saturated carbocycles. The minimum Gasteiger partial charge on any atom is -0.458 e. The van der Waals surface area contributed by atoms with Gasteiger partial charge in [-0.25, -0.2) is 4.79 Å². The van der Waals surface area contributed by atoms with Crippen LogP contribution >= 0.6 is 0 Å². The van der Waals surface area contributed by atoms with Gasteiger partial charge in [0.25, 0.3) is 0 Å². The summed E-state index contributed by atoms with van der Waals surface area (Å²) in [5, 5.41) is 29.0. The van der Waals surface area contributed by atoms with E-state index in [1.165, 1.54) is 6.08 Å². The van der Waals surface area contributed by atoms with Crippen molar-refractivity contribution in [2.75, 3.05) is 6.61 Å². The Morgan fingerprint density at radius 1 is 1.23 bits per heavy atom. The summed E-state index contributed by atoms with van der Waals surface area (Å²) in [6, 6.07) is 0. The number of hydrogen-bond donors (Lipinski definition) is 3. The Labute approximate surface area is 128 Å². The SMILES string of the molecule is CC1=CC(=O)OC2CC(O[C@@H]3OC[C@@H](O)[C@@H](O)[C@@H]3O)CCC12. The number of aliphatic hydroxyl groups excluding tert-OH is 3. The molecule has 0 aromatic heterocycles. The molecule has 1 saturated heterocycles. The van der Waals surface area contributed by atoms with Gasteiger partial charge in [0.2, 0.25) is 0 Å². The third kappa shape index (κ3) is 3.04. The Balaban J connectivity index is 1.59. The summed E-state index contributed by atoms with van der Waals surface area (Å²) in [6.45, 7) is 1.85.